The summed E-state index contributed by atoms with van der Waals surface area (Å²) in [7, 11) is 2.89. The van der Waals surface area contributed by atoms with Crippen LogP contribution in [-0.4, -0.2) is 11.9 Å². The summed E-state index contributed by atoms with van der Waals surface area (Å²) in [5, 5.41) is 0. The van der Waals surface area contributed by atoms with Gasteiger partial charge in [0, 0.05) is 24.0 Å². The zero-order chi connectivity index (χ0) is 40.0. The number of carbonyl (C=O) groups is 2. The summed E-state index contributed by atoms with van der Waals surface area (Å²) < 4.78 is 12.1. The molecule has 0 fully saturated rings. The first kappa shape index (κ1) is 49.7. The minimum atomic E-state index is -0.493. The summed E-state index contributed by atoms with van der Waals surface area (Å²) in [6.07, 6.45) is 42.1. The van der Waals surface area contributed by atoms with Crippen LogP contribution in [-0.2, 0) is 19.1 Å². The number of rotatable bonds is 37. The molecule has 2 atom stereocenters. The molecule has 0 spiro atoms. The first-order valence-electron chi connectivity index (χ1n) is 22.7. The van der Waals surface area contributed by atoms with E-state index in [1.807, 2.05) is 60.7 Å². The molecule has 0 aromatic heterocycles. The van der Waals surface area contributed by atoms with Crippen molar-refractivity contribution >= 4 is 33.5 Å². The molecule has 56 heavy (non-hydrogen) atoms. The van der Waals surface area contributed by atoms with Gasteiger partial charge in [-0.15, -0.1) is 0 Å². The van der Waals surface area contributed by atoms with Crippen LogP contribution in [0.15, 0.2) is 85.0 Å². The Balaban J connectivity index is 1.68. The van der Waals surface area contributed by atoms with Gasteiger partial charge >= 0.3 is 11.9 Å². The summed E-state index contributed by atoms with van der Waals surface area (Å²) in [6.45, 7) is 4.54. The quantitative estimate of drug-likeness (QED) is 0.0223. The molecule has 4 nitrogen and oxygen atoms in total. The highest BCUT2D eigenvalue weighted by Gasteiger charge is 2.24. The molecule has 0 aliphatic rings. The fraction of sp³-hybridized carbons (Fsp3) is 0.640. The molecule has 314 valence electrons. The van der Waals surface area contributed by atoms with E-state index in [4.69, 9.17) is 9.47 Å². The van der Waals surface area contributed by atoms with Gasteiger partial charge in [-0.05, 0) is 85.8 Å². The van der Waals surface area contributed by atoms with Crippen LogP contribution in [0, 0.1) is 0 Å². The molecule has 0 aliphatic heterocycles. The van der Waals surface area contributed by atoms with Crippen molar-refractivity contribution in [2.75, 3.05) is 0 Å². The van der Waals surface area contributed by atoms with Crippen molar-refractivity contribution in [3.05, 3.63) is 96.1 Å². The molecule has 0 heterocycles. The Morgan fingerprint density at radius 2 is 0.714 bits per heavy atom. The largest absolute Gasteiger partial charge is 0.445 e. The number of unbranched alkanes of at least 4 members (excludes halogenated alkanes) is 22. The average Bonchev–Trinajstić information content (AvgIpc) is 3.22. The van der Waals surface area contributed by atoms with Gasteiger partial charge in [0.1, 0.15) is 0 Å². The van der Waals surface area contributed by atoms with E-state index in [2.05, 4.69) is 38.2 Å². The normalized spacial score (nSPS) is 12.7. The molecule has 0 radical (unpaired) electrons. The number of ether oxygens (including phenoxy) is 2. The third-order valence-electron chi connectivity index (χ3n) is 10.1. The predicted molar refractivity (Wildman–Crippen MR) is 245 cm³/mol. The fourth-order valence-electron chi connectivity index (χ4n) is 6.64. The Labute approximate surface area is 351 Å². The number of esters is 2. The van der Waals surface area contributed by atoms with Crippen LogP contribution in [0.2, 0.25) is 0 Å². The van der Waals surface area contributed by atoms with Crippen molar-refractivity contribution in [3.8, 4) is 0 Å². The Bertz CT molecular complexity index is 1150. The predicted octanol–water partition coefficient (Wildman–Crippen LogP) is 16.9. The van der Waals surface area contributed by atoms with Crippen molar-refractivity contribution in [2.45, 2.75) is 205 Å². The molecule has 0 saturated carbocycles. The number of hydrogen-bond acceptors (Lipinski definition) is 6. The molecule has 2 aromatic rings. The molecule has 2 rings (SSSR count). The Kier molecular flexibility index (Phi) is 32.7. The van der Waals surface area contributed by atoms with Crippen molar-refractivity contribution in [2.24, 2.45) is 0 Å². The van der Waals surface area contributed by atoms with E-state index in [-0.39, 0.29) is 11.9 Å². The molecule has 0 saturated heterocycles. The number of benzene rings is 2. The van der Waals surface area contributed by atoms with Crippen LogP contribution in [0.3, 0.4) is 0 Å². The highest BCUT2D eigenvalue weighted by Crippen LogP contribution is 2.47. The first-order valence-corrected chi connectivity index (χ1v) is 25.0. The summed E-state index contributed by atoms with van der Waals surface area (Å²) in [4.78, 5) is 26.1. The lowest BCUT2D eigenvalue weighted by molar-refractivity contribution is -0.146. The summed E-state index contributed by atoms with van der Waals surface area (Å²) in [5.41, 5.74) is 0.864. The van der Waals surface area contributed by atoms with Crippen LogP contribution in [0.1, 0.15) is 216 Å². The second-order valence-corrected chi connectivity index (χ2v) is 17.7. The van der Waals surface area contributed by atoms with E-state index in [0.717, 1.165) is 62.5 Å². The first-order chi connectivity index (χ1) is 27.6. The third kappa shape index (κ3) is 28.0. The van der Waals surface area contributed by atoms with E-state index in [1.165, 1.54) is 137 Å². The van der Waals surface area contributed by atoms with Crippen LogP contribution < -0.4 is 0 Å². The van der Waals surface area contributed by atoms with Gasteiger partial charge in [-0.1, -0.05) is 202 Å². The smallest absolute Gasteiger partial charge is 0.307 e. The fourth-order valence-corrected chi connectivity index (χ4v) is 9.18. The van der Waals surface area contributed by atoms with Crippen LogP contribution in [0.4, 0.5) is 0 Å². The van der Waals surface area contributed by atoms with Gasteiger partial charge < -0.3 is 9.47 Å². The lowest BCUT2D eigenvalue weighted by atomic mass is 10.1. The van der Waals surface area contributed by atoms with Gasteiger partial charge in [0.05, 0.1) is 0 Å². The zero-order valence-electron chi connectivity index (χ0n) is 35.5. The molecular weight excluding hydrogens is 729 g/mol. The number of carbonyl (C=O) groups excluding carboxylic acids is 2. The van der Waals surface area contributed by atoms with Crippen LogP contribution in [0.5, 0.6) is 0 Å². The van der Waals surface area contributed by atoms with Crippen LogP contribution >= 0.6 is 21.6 Å². The summed E-state index contributed by atoms with van der Waals surface area (Å²) >= 11 is 0. The summed E-state index contributed by atoms with van der Waals surface area (Å²) in [5.74, 6) is -0.357. The van der Waals surface area contributed by atoms with Crippen molar-refractivity contribution in [1.82, 2.24) is 0 Å². The van der Waals surface area contributed by atoms with E-state index >= 15 is 0 Å². The summed E-state index contributed by atoms with van der Waals surface area (Å²) in [6, 6.07) is 19.8. The van der Waals surface area contributed by atoms with E-state index in [9.17, 15) is 9.59 Å². The maximum Gasteiger partial charge on any atom is 0.307 e. The minimum Gasteiger partial charge on any atom is -0.445 e. The van der Waals surface area contributed by atoms with Crippen molar-refractivity contribution < 1.29 is 19.1 Å². The lowest BCUT2D eigenvalue weighted by Gasteiger charge is -2.22. The van der Waals surface area contributed by atoms with Gasteiger partial charge in [0.2, 0.25) is 0 Å². The topological polar surface area (TPSA) is 52.6 Å². The molecule has 0 bridgehead atoms. The second-order valence-electron chi connectivity index (χ2n) is 15.3. The molecule has 2 unspecified atom stereocenters. The van der Waals surface area contributed by atoms with Crippen molar-refractivity contribution in [3.63, 3.8) is 0 Å². The van der Waals surface area contributed by atoms with Crippen LogP contribution in [0.25, 0.3) is 0 Å². The number of hydrogen-bond donors (Lipinski definition) is 0. The van der Waals surface area contributed by atoms with E-state index in [1.54, 1.807) is 0 Å². The van der Waals surface area contributed by atoms with E-state index in [0.29, 0.717) is 12.8 Å². The molecular formula is C50H78O4S2. The monoisotopic (exact) mass is 807 g/mol. The van der Waals surface area contributed by atoms with Gasteiger partial charge in [0.25, 0.3) is 0 Å². The van der Waals surface area contributed by atoms with E-state index < -0.39 is 10.9 Å². The maximum atomic E-state index is 13.0. The highest BCUT2D eigenvalue weighted by molar-refractivity contribution is 8.76. The van der Waals surface area contributed by atoms with Gasteiger partial charge in [-0.3, -0.25) is 9.59 Å². The highest BCUT2D eigenvalue weighted by atomic mass is 33.1. The molecule has 0 amide bonds. The van der Waals surface area contributed by atoms with Gasteiger partial charge in [-0.25, -0.2) is 0 Å². The van der Waals surface area contributed by atoms with Crippen molar-refractivity contribution in [1.29, 1.82) is 0 Å². The average molecular weight is 807 g/mol. The maximum absolute atomic E-state index is 13.0. The molecule has 2 aromatic carbocycles. The Morgan fingerprint density at radius 3 is 1.04 bits per heavy atom. The number of allylic oxidation sites excluding steroid dienone is 4. The molecule has 0 N–H and O–H groups in total. The zero-order valence-corrected chi connectivity index (χ0v) is 37.1. The standard InChI is InChI=1S/C50H78O4S2/c1-3-5-7-9-11-13-15-17-19-21-23-25-27-29-37-43-47(51)53-49(45-39-33-31-34-40-45)55-56-50(46-41-35-32-36-42-46)54-48(52)44-38-30-28-26-24-22-20-18-16-14-12-10-8-6-4-2/h17-20,31-36,39-42,49-50H,3-16,21-30,37-38,43-44H2,1-2H3/b19-17+,20-18+. The third-order valence-corrected chi connectivity index (χ3v) is 12.7. The van der Waals surface area contributed by atoms with Gasteiger partial charge in [0.15, 0.2) is 10.9 Å². The lowest BCUT2D eigenvalue weighted by Crippen LogP contribution is -2.10. The second kappa shape index (κ2) is 36.9. The van der Waals surface area contributed by atoms with Gasteiger partial charge in [-0.2, -0.15) is 0 Å². The SMILES string of the molecule is CCCCCCCC/C=C/CCCCCCCC(=O)OC(SSC(OC(=O)CCCCCCC/C=C/CCCCCCCC)c1ccccc1)c1ccccc1. The Morgan fingerprint density at radius 1 is 0.429 bits per heavy atom. The minimum absolute atomic E-state index is 0.179. The molecule has 6 heteroatoms. The molecule has 0 aliphatic carbocycles. The Hall–Kier alpha value is -2.44.